The topological polar surface area (TPSA) is 98.8 Å². The second-order valence-corrected chi connectivity index (χ2v) is 5.29. The van der Waals surface area contributed by atoms with Crippen LogP contribution in [0.2, 0.25) is 0 Å². The summed E-state index contributed by atoms with van der Waals surface area (Å²) in [7, 11) is 0. The monoisotopic (exact) mass is 313 g/mol. The molecule has 0 radical (unpaired) electrons. The summed E-state index contributed by atoms with van der Waals surface area (Å²) in [6.45, 7) is 3.00. The van der Waals surface area contributed by atoms with Gasteiger partial charge in [-0.3, -0.25) is 9.55 Å². The minimum absolute atomic E-state index is 0.0736. The number of benzene rings is 1. The Balaban J connectivity index is 1.99. The molecule has 3 N–H and O–H groups in total. The molecule has 3 aromatic rings. The number of nitrogen functional groups attached to an aromatic ring is 1. The Morgan fingerprint density at radius 1 is 1.26 bits per heavy atom. The summed E-state index contributed by atoms with van der Waals surface area (Å²) in [6, 6.07) is 9.75. The molecule has 0 aliphatic rings. The van der Waals surface area contributed by atoms with Gasteiger partial charge in [0.2, 0.25) is 11.8 Å². The molecule has 0 aliphatic carbocycles. The van der Waals surface area contributed by atoms with Gasteiger partial charge in [0.05, 0.1) is 0 Å². The molecule has 0 saturated carbocycles. The van der Waals surface area contributed by atoms with Gasteiger partial charge in [0.15, 0.2) is 11.2 Å². The molecule has 0 atom stereocenters. The molecule has 23 heavy (non-hydrogen) atoms. The first-order valence-electron chi connectivity index (χ1n) is 7.61. The SMILES string of the molecule is CCCCn1c(=O)[nH]c2nc(N)nc(OCc3ccccc3)c21. The van der Waals surface area contributed by atoms with Crippen molar-refractivity contribution in [2.24, 2.45) is 0 Å². The molecular weight excluding hydrogens is 294 g/mol. The van der Waals surface area contributed by atoms with Gasteiger partial charge in [0, 0.05) is 6.54 Å². The van der Waals surface area contributed by atoms with Crippen LogP contribution in [0.25, 0.3) is 11.2 Å². The number of rotatable bonds is 6. The second kappa shape index (κ2) is 6.51. The van der Waals surface area contributed by atoms with Crippen LogP contribution in [0, 0.1) is 0 Å². The summed E-state index contributed by atoms with van der Waals surface area (Å²) in [5, 5.41) is 0. The quantitative estimate of drug-likeness (QED) is 0.726. The van der Waals surface area contributed by atoms with E-state index in [4.69, 9.17) is 10.5 Å². The lowest BCUT2D eigenvalue weighted by Crippen LogP contribution is -2.17. The number of unbranched alkanes of at least 4 members (excludes halogenated alkanes) is 1. The van der Waals surface area contributed by atoms with Gasteiger partial charge in [-0.05, 0) is 12.0 Å². The Hall–Kier alpha value is -2.83. The zero-order valence-electron chi connectivity index (χ0n) is 13.0. The van der Waals surface area contributed by atoms with Crippen molar-refractivity contribution in [2.45, 2.75) is 32.9 Å². The number of fused-ring (bicyclic) bond motifs is 1. The number of aromatic amines is 1. The van der Waals surface area contributed by atoms with Crippen LogP contribution in [0.1, 0.15) is 25.3 Å². The fourth-order valence-electron chi connectivity index (χ4n) is 2.41. The second-order valence-electron chi connectivity index (χ2n) is 5.29. The molecule has 0 fully saturated rings. The van der Waals surface area contributed by atoms with Crippen molar-refractivity contribution in [1.82, 2.24) is 19.5 Å². The van der Waals surface area contributed by atoms with Crippen LogP contribution in [-0.2, 0) is 13.2 Å². The molecule has 3 rings (SSSR count). The van der Waals surface area contributed by atoms with E-state index in [9.17, 15) is 4.79 Å². The van der Waals surface area contributed by atoms with Gasteiger partial charge < -0.3 is 10.5 Å². The van der Waals surface area contributed by atoms with Gasteiger partial charge in [-0.1, -0.05) is 43.7 Å². The first kappa shape index (κ1) is 15.1. The summed E-state index contributed by atoms with van der Waals surface area (Å²) in [6.07, 6.45) is 1.87. The molecule has 2 heterocycles. The highest BCUT2D eigenvalue weighted by molar-refractivity contribution is 5.77. The zero-order chi connectivity index (χ0) is 16.2. The molecule has 2 aromatic heterocycles. The summed E-state index contributed by atoms with van der Waals surface area (Å²) in [4.78, 5) is 23.1. The Morgan fingerprint density at radius 2 is 2.04 bits per heavy atom. The maximum absolute atomic E-state index is 12.1. The van der Waals surface area contributed by atoms with E-state index in [1.54, 1.807) is 4.57 Å². The third-order valence-corrected chi connectivity index (χ3v) is 3.56. The molecule has 7 heteroatoms. The molecular formula is C16H19N5O2. The number of aryl methyl sites for hydroxylation is 1. The van der Waals surface area contributed by atoms with Crippen LogP contribution in [0.15, 0.2) is 35.1 Å². The lowest BCUT2D eigenvalue weighted by atomic mass is 10.2. The predicted octanol–water partition coefficient (Wildman–Crippen LogP) is 2.08. The van der Waals surface area contributed by atoms with Crippen molar-refractivity contribution in [3.05, 3.63) is 46.4 Å². The van der Waals surface area contributed by atoms with E-state index < -0.39 is 0 Å². The van der Waals surface area contributed by atoms with E-state index >= 15 is 0 Å². The average Bonchev–Trinajstić information content (AvgIpc) is 2.86. The van der Waals surface area contributed by atoms with Crippen molar-refractivity contribution in [3.63, 3.8) is 0 Å². The number of H-pyrrole nitrogens is 1. The summed E-state index contributed by atoms with van der Waals surface area (Å²) in [5.41, 5.74) is 7.47. The first-order valence-corrected chi connectivity index (χ1v) is 7.61. The van der Waals surface area contributed by atoms with E-state index in [0.717, 1.165) is 18.4 Å². The van der Waals surface area contributed by atoms with Crippen LogP contribution in [0.5, 0.6) is 5.88 Å². The fraction of sp³-hybridized carbons (Fsp3) is 0.312. The molecule has 0 unspecified atom stereocenters. The number of anilines is 1. The number of hydrogen-bond donors (Lipinski definition) is 2. The maximum Gasteiger partial charge on any atom is 0.327 e. The van der Waals surface area contributed by atoms with Crippen molar-refractivity contribution < 1.29 is 4.74 Å². The van der Waals surface area contributed by atoms with Gasteiger partial charge in [-0.2, -0.15) is 9.97 Å². The molecule has 0 spiro atoms. The van der Waals surface area contributed by atoms with E-state index in [1.807, 2.05) is 30.3 Å². The number of nitrogens with zero attached hydrogens (tertiary/aromatic N) is 3. The largest absolute Gasteiger partial charge is 0.471 e. The highest BCUT2D eigenvalue weighted by Gasteiger charge is 2.16. The first-order chi connectivity index (χ1) is 11.2. The average molecular weight is 313 g/mol. The highest BCUT2D eigenvalue weighted by Crippen LogP contribution is 2.22. The van der Waals surface area contributed by atoms with Crippen molar-refractivity contribution in [1.29, 1.82) is 0 Å². The maximum atomic E-state index is 12.1. The van der Waals surface area contributed by atoms with Gasteiger partial charge in [-0.15, -0.1) is 0 Å². The standard InChI is InChI=1S/C16H19N5O2/c1-2-3-9-21-12-13(19-16(21)22)18-15(17)20-14(12)23-10-11-7-5-4-6-8-11/h4-8H,2-3,9-10H2,1H3,(H3,17,18,19,20,22). The van der Waals surface area contributed by atoms with Gasteiger partial charge in [0.1, 0.15) is 6.61 Å². The van der Waals surface area contributed by atoms with E-state index in [1.165, 1.54) is 0 Å². The van der Waals surface area contributed by atoms with Crippen molar-refractivity contribution in [3.8, 4) is 5.88 Å². The van der Waals surface area contributed by atoms with Crippen molar-refractivity contribution >= 4 is 17.1 Å². The molecule has 1 aromatic carbocycles. The zero-order valence-corrected chi connectivity index (χ0v) is 13.0. The number of nitrogens with one attached hydrogen (secondary N) is 1. The molecule has 0 amide bonds. The minimum Gasteiger partial charge on any atom is -0.471 e. The van der Waals surface area contributed by atoms with Crippen LogP contribution in [0.4, 0.5) is 5.95 Å². The molecule has 120 valence electrons. The fourth-order valence-corrected chi connectivity index (χ4v) is 2.41. The Labute approximate surface area is 133 Å². The summed E-state index contributed by atoms with van der Waals surface area (Å²) in [5.74, 6) is 0.398. The number of imidazole rings is 1. The lowest BCUT2D eigenvalue weighted by molar-refractivity contribution is 0.296. The van der Waals surface area contributed by atoms with E-state index in [2.05, 4.69) is 21.9 Å². The van der Waals surface area contributed by atoms with Crippen LogP contribution < -0.4 is 16.2 Å². The lowest BCUT2D eigenvalue weighted by Gasteiger charge is -2.09. The number of hydrogen-bond acceptors (Lipinski definition) is 5. The smallest absolute Gasteiger partial charge is 0.327 e. The molecule has 7 nitrogen and oxygen atoms in total. The van der Waals surface area contributed by atoms with Gasteiger partial charge >= 0.3 is 5.69 Å². The van der Waals surface area contributed by atoms with Crippen molar-refractivity contribution in [2.75, 3.05) is 5.73 Å². The molecule has 0 bridgehead atoms. The molecule has 0 saturated heterocycles. The number of ether oxygens (including phenoxy) is 1. The molecule has 0 aliphatic heterocycles. The third kappa shape index (κ3) is 3.18. The Bertz CT molecular complexity index is 854. The number of aromatic nitrogens is 4. The van der Waals surface area contributed by atoms with Crippen LogP contribution in [-0.4, -0.2) is 19.5 Å². The normalized spacial score (nSPS) is 11.0. The summed E-state index contributed by atoms with van der Waals surface area (Å²) >= 11 is 0. The van der Waals surface area contributed by atoms with Gasteiger partial charge in [-0.25, -0.2) is 4.79 Å². The van der Waals surface area contributed by atoms with E-state index in [0.29, 0.717) is 30.2 Å². The van der Waals surface area contributed by atoms with Crippen LogP contribution in [0.3, 0.4) is 0 Å². The predicted molar refractivity (Wildman–Crippen MR) is 88.2 cm³/mol. The number of nitrogens with two attached hydrogens (primary N) is 1. The van der Waals surface area contributed by atoms with Gasteiger partial charge in [0.25, 0.3) is 0 Å². The Morgan fingerprint density at radius 3 is 2.78 bits per heavy atom. The minimum atomic E-state index is -0.224. The van der Waals surface area contributed by atoms with Crippen LogP contribution >= 0.6 is 0 Å². The third-order valence-electron chi connectivity index (χ3n) is 3.56. The highest BCUT2D eigenvalue weighted by atomic mass is 16.5. The Kier molecular flexibility index (Phi) is 4.27. The summed E-state index contributed by atoms with van der Waals surface area (Å²) < 4.78 is 7.42. The van der Waals surface area contributed by atoms with E-state index in [-0.39, 0.29) is 11.6 Å².